The minimum atomic E-state index is 0.0981. The number of carbonyl (C=O) groups is 1. The van der Waals surface area contributed by atoms with Crippen molar-refractivity contribution in [1.82, 2.24) is 14.8 Å². The maximum absolute atomic E-state index is 12.7. The van der Waals surface area contributed by atoms with E-state index < -0.39 is 0 Å². The number of hydrogen-bond acceptors (Lipinski definition) is 4. The fourth-order valence-electron chi connectivity index (χ4n) is 3.56. The van der Waals surface area contributed by atoms with Crippen molar-refractivity contribution in [2.45, 2.75) is 31.9 Å². The summed E-state index contributed by atoms with van der Waals surface area (Å²) in [6.45, 7) is 4.41. The molecule has 0 radical (unpaired) electrons. The Bertz CT molecular complexity index is 529. The Labute approximate surface area is 132 Å². The first-order valence-electron chi connectivity index (χ1n) is 8.06. The Morgan fingerprint density at radius 1 is 1.41 bits per heavy atom. The molecule has 1 saturated carbocycles. The molecule has 3 rings (SSSR count). The van der Waals surface area contributed by atoms with Gasteiger partial charge in [0, 0.05) is 30.9 Å². The van der Waals surface area contributed by atoms with E-state index in [0.717, 1.165) is 31.8 Å². The van der Waals surface area contributed by atoms with Gasteiger partial charge in [-0.15, -0.1) is 0 Å². The van der Waals surface area contributed by atoms with Crippen molar-refractivity contribution in [3.63, 3.8) is 0 Å². The Morgan fingerprint density at radius 3 is 2.91 bits per heavy atom. The van der Waals surface area contributed by atoms with Crippen LogP contribution in [0.5, 0.6) is 0 Å². The number of likely N-dealkylation sites (N-methyl/N-ethyl adjacent to an activating group) is 1. The van der Waals surface area contributed by atoms with Crippen LogP contribution in [0, 0.1) is 12.8 Å². The van der Waals surface area contributed by atoms with E-state index in [4.69, 9.17) is 4.74 Å². The molecule has 2 fully saturated rings. The van der Waals surface area contributed by atoms with Crippen molar-refractivity contribution in [2.24, 2.45) is 5.92 Å². The molecule has 5 heteroatoms. The smallest absolute Gasteiger partial charge is 0.255 e. The normalized spacial score (nSPS) is 26.9. The summed E-state index contributed by atoms with van der Waals surface area (Å²) in [6, 6.07) is 4.01. The van der Waals surface area contributed by atoms with Crippen LogP contribution in [0.3, 0.4) is 0 Å². The summed E-state index contributed by atoms with van der Waals surface area (Å²) in [4.78, 5) is 21.1. The largest absolute Gasteiger partial charge is 0.374 e. The van der Waals surface area contributed by atoms with E-state index in [2.05, 4.69) is 9.88 Å². The first-order valence-corrected chi connectivity index (χ1v) is 8.06. The lowest BCUT2D eigenvalue weighted by atomic mass is 10.1. The van der Waals surface area contributed by atoms with Gasteiger partial charge in [-0.25, -0.2) is 0 Å². The third kappa shape index (κ3) is 3.01. The number of likely N-dealkylation sites (tertiary alicyclic amines) is 1. The maximum atomic E-state index is 12.7. The molecular weight excluding hydrogens is 278 g/mol. The molecule has 0 spiro atoms. The van der Waals surface area contributed by atoms with Gasteiger partial charge in [-0.05, 0) is 46.0 Å². The number of hydrogen-bond donors (Lipinski definition) is 0. The molecule has 0 N–H and O–H groups in total. The molecule has 3 atom stereocenters. The van der Waals surface area contributed by atoms with Gasteiger partial charge in [-0.3, -0.25) is 9.78 Å². The summed E-state index contributed by atoms with van der Waals surface area (Å²) >= 11 is 0. The molecule has 2 aliphatic rings. The minimum Gasteiger partial charge on any atom is -0.374 e. The fraction of sp³-hybridized carbons (Fsp3) is 0.647. The highest BCUT2D eigenvalue weighted by Crippen LogP contribution is 2.40. The van der Waals surface area contributed by atoms with E-state index in [-0.39, 0.29) is 18.1 Å². The van der Waals surface area contributed by atoms with E-state index in [1.54, 1.807) is 6.20 Å². The van der Waals surface area contributed by atoms with Crippen LogP contribution in [0.25, 0.3) is 0 Å². The zero-order chi connectivity index (χ0) is 15.7. The highest BCUT2D eigenvalue weighted by molar-refractivity contribution is 5.94. The number of aromatic nitrogens is 1. The number of amides is 1. The number of rotatable bonds is 5. The van der Waals surface area contributed by atoms with Crippen molar-refractivity contribution in [2.75, 3.05) is 33.8 Å². The predicted octanol–water partition coefficient (Wildman–Crippen LogP) is 1.57. The molecule has 1 saturated heterocycles. The van der Waals surface area contributed by atoms with Crippen molar-refractivity contribution < 1.29 is 9.53 Å². The lowest BCUT2D eigenvalue weighted by Crippen LogP contribution is -2.40. The first kappa shape index (κ1) is 15.4. The zero-order valence-electron chi connectivity index (χ0n) is 13.7. The molecule has 1 aliphatic carbocycles. The standard InChI is InChI=1S/C17H25N3O2/c1-12-4-5-13(10-18-12)17(21)20-11-14-6-7-15(20)16(14)22-9-8-19(2)3/h4-5,10,14-16H,6-9,11H2,1-3H3. The van der Waals surface area contributed by atoms with E-state index in [0.29, 0.717) is 11.5 Å². The average Bonchev–Trinajstić information content (AvgIpc) is 3.04. The van der Waals surface area contributed by atoms with Gasteiger partial charge in [0.25, 0.3) is 5.91 Å². The van der Waals surface area contributed by atoms with Crippen molar-refractivity contribution >= 4 is 5.91 Å². The van der Waals surface area contributed by atoms with Gasteiger partial charge in [-0.1, -0.05) is 0 Å². The van der Waals surface area contributed by atoms with Crippen LogP contribution >= 0.6 is 0 Å². The Morgan fingerprint density at radius 2 is 2.23 bits per heavy atom. The highest BCUT2D eigenvalue weighted by Gasteiger charge is 2.49. The second kappa shape index (κ2) is 6.34. The van der Waals surface area contributed by atoms with E-state index in [1.807, 2.05) is 38.1 Å². The molecule has 0 aromatic carbocycles. The average molecular weight is 303 g/mol. The number of aryl methyl sites for hydroxylation is 1. The summed E-state index contributed by atoms with van der Waals surface area (Å²) < 4.78 is 6.09. The number of fused-ring (bicyclic) bond motifs is 2. The lowest BCUT2D eigenvalue weighted by molar-refractivity contribution is 0.0201. The monoisotopic (exact) mass is 303 g/mol. The van der Waals surface area contributed by atoms with Gasteiger partial charge < -0.3 is 14.5 Å². The van der Waals surface area contributed by atoms with Gasteiger partial charge in [0.1, 0.15) is 0 Å². The maximum Gasteiger partial charge on any atom is 0.255 e. The van der Waals surface area contributed by atoms with Crippen LogP contribution in [-0.2, 0) is 4.74 Å². The molecule has 2 heterocycles. The van der Waals surface area contributed by atoms with Gasteiger partial charge in [-0.2, -0.15) is 0 Å². The summed E-state index contributed by atoms with van der Waals surface area (Å²) in [6.07, 6.45) is 4.13. The number of piperidine rings is 1. The summed E-state index contributed by atoms with van der Waals surface area (Å²) in [7, 11) is 4.10. The number of carbonyl (C=O) groups excluding carboxylic acids is 1. The molecule has 22 heavy (non-hydrogen) atoms. The topological polar surface area (TPSA) is 45.7 Å². The summed E-state index contributed by atoms with van der Waals surface area (Å²) in [5.74, 6) is 0.593. The third-order valence-electron chi connectivity index (χ3n) is 4.78. The fourth-order valence-corrected chi connectivity index (χ4v) is 3.56. The van der Waals surface area contributed by atoms with Crippen molar-refractivity contribution in [1.29, 1.82) is 0 Å². The molecule has 5 nitrogen and oxygen atoms in total. The molecule has 3 unspecified atom stereocenters. The van der Waals surface area contributed by atoms with Crippen LogP contribution in [0.15, 0.2) is 18.3 Å². The van der Waals surface area contributed by atoms with Crippen LogP contribution in [0.4, 0.5) is 0 Å². The molecule has 120 valence electrons. The first-order chi connectivity index (χ1) is 10.6. The second-order valence-electron chi connectivity index (χ2n) is 6.69. The Balaban J connectivity index is 1.64. The third-order valence-corrected chi connectivity index (χ3v) is 4.78. The Kier molecular flexibility index (Phi) is 4.45. The molecule has 1 aliphatic heterocycles. The molecule has 2 bridgehead atoms. The number of ether oxygens (including phenoxy) is 1. The molecular formula is C17H25N3O2. The van der Waals surface area contributed by atoms with E-state index in [9.17, 15) is 4.79 Å². The van der Waals surface area contributed by atoms with Gasteiger partial charge >= 0.3 is 0 Å². The van der Waals surface area contributed by atoms with E-state index >= 15 is 0 Å². The number of pyridine rings is 1. The van der Waals surface area contributed by atoms with Crippen LogP contribution in [0.2, 0.25) is 0 Å². The molecule has 1 amide bonds. The lowest BCUT2D eigenvalue weighted by Gasteiger charge is -2.27. The van der Waals surface area contributed by atoms with Gasteiger partial charge in [0.2, 0.25) is 0 Å². The van der Waals surface area contributed by atoms with Crippen LogP contribution < -0.4 is 0 Å². The molecule has 1 aromatic heterocycles. The van der Waals surface area contributed by atoms with E-state index in [1.165, 1.54) is 6.42 Å². The van der Waals surface area contributed by atoms with Crippen LogP contribution in [-0.4, -0.2) is 66.6 Å². The van der Waals surface area contributed by atoms with Gasteiger partial charge in [0.05, 0.1) is 24.3 Å². The summed E-state index contributed by atoms with van der Waals surface area (Å²) in [5.41, 5.74) is 1.62. The predicted molar refractivity (Wildman–Crippen MR) is 84.8 cm³/mol. The second-order valence-corrected chi connectivity index (χ2v) is 6.69. The quantitative estimate of drug-likeness (QED) is 0.828. The van der Waals surface area contributed by atoms with Crippen molar-refractivity contribution in [3.8, 4) is 0 Å². The molecule has 1 aromatic rings. The van der Waals surface area contributed by atoms with Gasteiger partial charge in [0.15, 0.2) is 0 Å². The zero-order valence-corrected chi connectivity index (χ0v) is 13.7. The Hall–Kier alpha value is -1.46. The minimum absolute atomic E-state index is 0.0981. The van der Waals surface area contributed by atoms with Crippen molar-refractivity contribution in [3.05, 3.63) is 29.6 Å². The SMILES string of the molecule is Cc1ccc(C(=O)N2CC3CCC2C3OCCN(C)C)cn1. The summed E-state index contributed by atoms with van der Waals surface area (Å²) in [5, 5.41) is 0. The number of nitrogens with zero attached hydrogens (tertiary/aromatic N) is 3. The van der Waals surface area contributed by atoms with Crippen LogP contribution in [0.1, 0.15) is 28.9 Å². The highest BCUT2D eigenvalue weighted by atomic mass is 16.5.